The third kappa shape index (κ3) is 2.88. The third-order valence-corrected chi connectivity index (χ3v) is 3.77. The highest BCUT2D eigenvalue weighted by Crippen LogP contribution is 2.52. The summed E-state index contributed by atoms with van der Waals surface area (Å²) in [5.74, 6) is -4.57. The Hall–Kier alpha value is -1.17. The molecule has 2 rings (SSSR count). The monoisotopic (exact) mass is 334 g/mol. The molecule has 1 unspecified atom stereocenters. The van der Waals surface area contributed by atoms with Crippen LogP contribution in [0.2, 0.25) is 0 Å². The molecule has 0 aromatic heterocycles. The largest absolute Gasteiger partial charge is 0.479 e. The van der Waals surface area contributed by atoms with Gasteiger partial charge in [-0.25, -0.2) is 13.6 Å². The Bertz CT molecular complexity index is 505. The molecule has 0 spiro atoms. The van der Waals surface area contributed by atoms with Gasteiger partial charge in [-0.15, -0.1) is 0 Å². The fourth-order valence-electron chi connectivity index (χ4n) is 2.03. The van der Waals surface area contributed by atoms with Crippen LogP contribution in [-0.2, 0) is 4.79 Å². The van der Waals surface area contributed by atoms with Crippen molar-refractivity contribution in [2.45, 2.75) is 37.7 Å². The summed E-state index contributed by atoms with van der Waals surface area (Å²) in [7, 11) is 0. The number of carbonyl (C=O) groups is 1. The van der Waals surface area contributed by atoms with Crippen molar-refractivity contribution in [2.75, 3.05) is 0 Å². The van der Waals surface area contributed by atoms with Crippen LogP contribution in [0.4, 0.5) is 8.78 Å². The minimum Gasteiger partial charge on any atom is -0.479 e. The van der Waals surface area contributed by atoms with Crippen LogP contribution in [0.15, 0.2) is 22.7 Å². The van der Waals surface area contributed by atoms with Gasteiger partial charge in [0.05, 0.1) is 5.92 Å². The van der Waals surface area contributed by atoms with Crippen molar-refractivity contribution in [1.82, 2.24) is 0 Å². The number of hydrogen-bond donors (Lipinski definition) is 1. The van der Waals surface area contributed by atoms with Crippen molar-refractivity contribution in [3.05, 3.63) is 28.2 Å². The topological polar surface area (TPSA) is 46.5 Å². The SMILES string of the molecule is C[C@H](Oc1ccc(Br)cc1C1CCC1(F)F)C(=O)O. The predicted molar refractivity (Wildman–Crippen MR) is 68.8 cm³/mol. The Balaban J connectivity index is 2.31. The predicted octanol–water partition coefficient (Wildman–Crippen LogP) is 3.81. The molecule has 0 radical (unpaired) electrons. The maximum Gasteiger partial charge on any atom is 0.344 e. The summed E-state index contributed by atoms with van der Waals surface area (Å²) in [6.45, 7) is 1.37. The minimum atomic E-state index is -2.74. The average Bonchev–Trinajstić information content (AvgIpc) is 2.31. The van der Waals surface area contributed by atoms with E-state index in [-0.39, 0.29) is 12.2 Å². The van der Waals surface area contributed by atoms with E-state index >= 15 is 0 Å². The molecule has 3 nitrogen and oxygen atoms in total. The van der Waals surface area contributed by atoms with Crippen LogP contribution in [0, 0.1) is 0 Å². The average molecular weight is 335 g/mol. The maximum atomic E-state index is 13.5. The highest BCUT2D eigenvalue weighted by molar-refractivity contribution is 9.10. The molecule has 0 heterocycles. The van der Waals surface area contributed by atoms with E-state index in [1.54, 1.807) is 12.1 Å². The first kappa shape index (κ1) is 14.2. The zero-order valence-corrected chi connectivity index (χ0v) is 11.8. The summed E-state index contributed by atoms with van der Waals surface area (Å²) in [4.78, 5) is 10.8. The van der Waals surface area contributed by atoms with Gasteiger partial charge >= 0.3 is 5.97 Å². The standard InChI is InChI=1S/C13H13BrF2O3/c1-7(12(17)18)19-11-3-2-8(14)6-9(11)10-4-5-13(10,15)16/h2-3,6-7,10H,4-5H2,1H3,(H,17,18)/t7-,10?/m0/s1. The molecule has 1 aromatic rings. The number of carboxylic acid groups (broad SMARTS) is 1. The second kappa shape index (κ2) is 5.07. The Morgan fingerprint density at radius 3 is 2.74 bits per heavy atom. The Kier molecular flexibility index (Phi) is 3.80. The molecular weight excluding hydrogens is 322 g/mol. The van der Waals surface area contributed by atoms with Gasteiger partial charge in [0.15, 0.2) is 6.10 Å². The minimum absolute atomic E-state index is 0.141. The first-order chi connectivity index (χ1) is 8.81. The number of aliphatic carboxylic acids is 1. The Morgan fingerprint density at radius 2 is 2.26 bits per heavy atom. The van der Waals surface area contributed by atoms with Crippen LogP contribution < -0.4 is 4.74 Å². The molecule has 1 aliphatic rings. The van der Waals surface area contributed by atoms with Crippen LogP contribution in [-0.4, -0.2) is 23.1 Å². The number of alkyl halides is 2. The highest BCUT2D eigenvalue weighted by atomic mass is 79.9. The number of hydrogen-bond acceptors (Lipinski definition) is 2. The van der Waals surface area contributed by atoms with E-state index in [1.807, 2.05) is 0 Å². The lowest BCUT2D eigenvalue weighted by atomic mass is 9.76. The van der Waals surface area contributed by atoms with E-state index in [0.717, 1.165) is 0 Å². The molecule has 6 heteroatoms. The van der Waals surface area contributed by atoms with Crippen molar-refractivity contribution in [3.8, 4) is 5.75 Å². The molecule has 104 valence electrons. The first-order valence-electron chi connectivity index (χ1n) is 5.88. The van der Waals surface area contributed by atoms with E-state index in [4.69, 9.17) is 9.84 Å². The lowest BCUT2D eigenvalue weighted by molar-refractivity contribution is -0.144. The van der Waals surface area contributed by atoms with Crippen LogP contribution in [0.25, 0.3) is 0 Å². The third-order valence-electron chi connectivity index (χ3n) is 3.27. The molecule has 0 bridgehead atoms. The molecule has 1 saturated carbocycles. The van der Waals surface area contributed by atoms with Crippen molar-refractivity contribution >= 4 is 21.9 Å². The molecule has 0 aliphatic heterocycles. The second-order valence-corrected chi connectivity index (χ2v) is 5.55. The molecule has 1 N–H and O–H groups in total. The van der Waals surface area contributed by atoms with Crippen molar-refractivity contribution in [1.29, 1.82) is 0 Å². The van der Waals surface area contributed by atoms with E-state index < -0.39 is 23.9 Å². The fourth-order valence-corrected chi connectivity index (χ4v) is 2.41. The van der Waals surface area contributed by atoms with Crippen LogP contribution in [0.3, 0.4) is 0 Å². The fraction of sp³-hybridized carbons (Fsp3) is 0.462. The van der Waals surface area contributed by atoms with Gasteiger partial charge in [0.25, 0.3) is 5.92 Å². The molecule has 2 atom stereocenters. The van der Waals surface area contributed by atoms with E-state index in [0.29, 0.717) is 16.5 Å². The van der Waals surface area contributed by atoms with Crippen molar-refractivity contribution < 1.29 is 23.4 Å². The summed E-state index contributed by atoms with van der Waals surface area (Å²) >= 11 is 3.23. The van der Waals surface area contributed by atoms with Crippen LogP contribution in [0.5, 0.6) is 5.75 Å². The summed E-state index contributed by atoms with van der Waals surface area (Å²) in [6, 6.07) is 4.74. The van der Waals surface area contributed by atoms with E-state index in [9.17, 15) is 13.6 Å². The number of carboxylic acids is 1. The Morgan fingerprint density at radius 1 is 1.58 bits per heavy atom. The highest BCUT2D eigenvalue weighted by Gasteiger charge is 2.50. The van der Waals surface area contributed by atoms with Gasteiger partial charge < -0.3 is 9.84 Å². The zero-order chi connectivity index (χ0) is 14.2. The van der Waals surface area contributed by atoms with Gasteiger partial charge in [0, 0.05) is 16.5 Å². The summed E-state index contributed by atoms with van der Waals surface area (Å²) < 4.78 is 32.9. The second-order valence-electron chi connectivity index (χ2n) is 4.63. The zero-order valence-electron chi connectivity index (χ0n) is 10.2. The molecule has 1 aliphatic carbocycles. The summed E-state index contributed by atoms with van der Waals surface area (Å²) in [6.07, 6.45) is -0.840. The molecule has 0 saturated heterocycles. The van der Waals surface area contributed by atoms with Crippen LogP contribution in [0.1, 0.15) is 31.2 Å². The number of rotatable bonds is 4. The van der Waals surface area contributed by atoms with Crippen molar-refractivity contribution in [2.24, 2.45) is 0 Å². The maximum absolute atomic E-state index is 13.5. The molecule has 1 aromatic carbocycles. The molecular formula is C13H13BrF2O3. The van der Waals surface area contributed by atoms with E-state index in [1.165, 1.54) is 13.0 Å². The number of halogens is 3. The molecule has 1 fully saturated rings. The van der Waals surface area contributed by atoms with E-state index in [2.05, 4.69) is 15.9 Å². The Labute approximate surface area is 117 Å². The van der Waals surface area contributed by atoms with Gasteiger partial charge in [-0.1, -0.05) is 15.9 Å². The number of benzene rings is 1. The lowest BCUT2D eigenvalue weighted by Gasteiger charge is -2.37. The lowest BCUT2D eigenvalue weighted by Crippen LogP contribution is -2.37. The number of ether oxygens (including phenoxy) is 1. The molecule has 19 heavy (non-hydrogen) atoms. The van der Waals surface area contributed by atoms with Gasteiger partial charge in [0.2, 0.25) is 0 Å². The van der Waals surface area contributed by atoms with Crippen molar-refractivity contribution in [3.63, 3.8) is 0 Å². The van der Waals surface area contributed by atoms with Gasteiger partial charge in [0.1, 0.15) is 5.75 Å². The van der Waals surface area contributed by atoms with Crippen LogP contribution >= 0.6 is 15.9 Å². The first-order valence-corrected chi connectivity index (χ1v) is 6.67. The van der Waals surface area contributed by atoms with Gasteiger partial charge in [-0.05, 0) is 31.5 Å². The molecule has 0 amide bonds. The van der Waals surface area contributed by atoms with Gasteiger partial charge in [-0.3, -0.25) is 0 Å². The smallest absolute Gasteiger partial charge is 0.344 e. The summed E-state index contributed by atoms with van der Waals surface area (Å²) in [5.41, 5.74) is 0.360. The summed E-state index contributed by atoms with van der Waals surface area (Å²) in [5, 5.41) is 8.82. The van der Waals surface area contributed by atoms with Gasteiger partial charge in [-0.2, -0.15) is 0 Å². The quantitative estimate of drug-likeness (QED) is 0.910. The normalized spacial score (nSPS) is 22.4.